The number of imide groups is 1. The van der Waals surface area contributed by atoms with Gasteiger partial charge >= 0.3 is 0 Å². The van der Waals surface area contributed by atoms with E-state index in [9.17, 15) is 14.4 Å². The Kier molecular flexibility index (Phi) is 4.28. The highest BCUT2D eigenvalue weighted by molar-refractivity contribution is 6.28. The molecular formula is C22H23N3O4. The van der Waals surface area contributed by atoms with Crippen LogP contribution in [0.15, 0.2) is 30.3 Å². The number of amides is 3. The van der Waals surface area contributed by atoms with Crippen molar-refractivity contribution < 1.29 is 19.1 Å². The smallest absolute Gasteiger partial charge is 0.259 e. The Labute approximate surface area is 168 Å². The fourth-order valence-electron chi connectivity index (χ4n) is 5.00. The van der Waals surface area contributed by atoms with Gasteiger partial charge in [-0.05, 0) is 37.5 Å². The highest BCUT2D eigenvalue weighted by atomic mass is 16.5. The molecule has 3 aliphatic rings. The number of methoxy groups -OCH3 is 1. The summed E-state index contributed by atoms with van der Waals surface area (Å²) < 4.78 is 5.41. The Balaban J connectivity index is 1.60. The van der Waals surface area contributed by atoms with Crippen LogP contribution in [0, 0.1) is 0 Å². The third-order valence-corrected chi connectivity index (χ3v) is 6.27. The number of anilines is 2. The molecular weight excluding hydrogens is 370 g/mol. The maximum absolute atomic E-state index is 13.2. The molecule has 7 heteroatoms. The molecule has 29 heavy (non-hydrogen) atoms. The number of rotatable bonds is 4. The SMILES string of the molecule is COCC1CCCN1c1ccc2c3c(cccc13)N(C1CCC(=O)NC1=O)C2=O. The second kappa shape index (κ2) is 6.84. The minimum atomic E-state index is -0.658. The molecule has 0 radical (unpaired) electrons. The standard InChI is InChI=1S/C22H23N3O4/c1-29-12-13-4-3-11-24(13)16-8-7-15-20-14(16)5-2-6-17(20)25(22(15)28)18-9-10-19(26)23-21(18)27/h2,5-8,13,18H,3-4,9-12H2,1H3,(H,23,26,27). The minimum Gasteiger partial charge on any atom is -0.383 e. The van der Waals surface area contributed by atoms with E-state index >= 15 is 0 Å². The van der Waals surface area contributed by atoms with Crippen molar-refractivity contribution in [2.24, 2.45) is 0 Å². The zero-order valence-corrected chi connectivity index (χ0v) is 16.3. The van der Waals surface area contributed by atoms with Gasteiger partial charge in [-0.3, -0.25) is 24.6 Å². The van der Waals surface area contributed by atoms with Crippen LogP contribution in [0.4, 0.5) is 11.4 Å². The van der Waals surface area contributed by atoms with Crippen LogP contribution in [0.1, 0.15) is 36.0 Å². The lowest BCUT2D eigenvalue weighted by atomic mass is 10.0. The summed E-state index contributed by atoms with van der Waals surface area (Å²) in [5.41, 5.74) is 2.47. The molecule has 7 nitrogen and oxygen atoms in total. The van der Waals surface area contributed by atoms with E-state index in [0.717, 1.165) is 41.5 Å². The molecule has 0 aromatic heterocycles. The molecule has 150 valence electrons. The lowest BCUT2D eigenvalue weighted by molar-refractivity contribution is -0.134. The molecule has 2 fully saturated rings. The Bertz CT molecular complexity index is 1030. The Morgan fingerprint density at radius 2 is 1.97 bits per heavy atom. The largest absolute Gasteiger partial charge is 0.383 e. The van der Waals surface area contributed by atoms with E-state index in [1.807, 2.05) is 30.3 Å². The molecule has 0 spiro atoms. The molecule has 3 heterocycles. The van der Waals surface area contributed by atoms with E-state index in [1.54, 1.807) is 12.0 Å². The number of benzene rings is 2. The predicted molar refractivity (Wildman–Crippen MR) is 109 cm³/mol. The van der Waals surface area contributed by atoms with Gasteiger partial charge in [0.2, 0.25) is 11.8 Å². The second-order valence-electron chi connectivity index (χ2n) is 7.92. The Hall–Kier alpha value is -2.93. The van der Waals surface area contributed by atoms with Gasteiger partial charge in [-0.1, -0.05) is 12.1 Å². The molecule has 3 amide bonds. The molecule has 0 aliphatic carbocycles. The highest BCUT2D eigenvalue weighted by Gasteiger charge is 2.41. The zero-order chi connectivity index (χ0) is 20.1. The summed E-state index contributed by atoms with van der Waals surface area (Å²) in [6.07, 6.45) is 2.77. The summed E-state index contributed by atoms with van der Waals surface area (Å²) in [5.74, 6) is -0.861. The Morgan fingerprint density at radius 3 is 2.76 bits per heavy atom. The second-order valence-corrected chi connectivity index (χ2v) is 7.92. The third-order valence-electron chi connectivity index (χ3n) is 6.27. The molecule has 2 unspecified atom stereocenters. The zero-order valence-electron chi connectivity index (χ0n) is 16.3. The summed E-state index contributed by atoms with van der Waals surface area (Å²) in [5, 5.41) is 4.28. The van der Waals surface area contributed by atoms with Gasteiger partial charge in [0.25, 0.3) is 5.91 Å². The van der Waals surface area contributed by atoms with Gasteiger partial charge in [0.05, 0.1) is 23.9 Å². The summed E-state index contributed by atoms with van der Waals surface area (Å²) in [6.45, 7) is 1.63. The maximum atomic E-state index is 13.2. The van der Waals surface area contributed by atoms with Crippen LogP contribution in [0.5, 0.6) is 0 Å². The first-order chi connectivity index (χ1) is 14.1. The molecule has 0 saturated carbocycles. The van der Waals surface area contributed by atoms with E-state index < -0.39 is 11.9 Å². The van der Waals surface area contributed by atoms with Gasteiger partial charge in [-0.2, -0.15) is 0 Å². The van der Waals surface area contributed by atoms with Crippen LogP contribution in [-0.4, -0.2) is 50.1 Å². The number of nitrogens with zero attached hydrogens (tertiary/aromatic N) is 2. The van der Waals surface area contributed by atoms with Crippen LogP contribution in [0.25, 0.3) is 10.8 Å². The predicted octanol–water partition coefficient (Wildman–Crippen LogP) is 2.22. The molecule has 2 saturated heterocycles. The average Bonchev–Trinajstić information content (AvgIpc) is 3.27. The van der Waals surface area contributed by atoms with Gasteiger partial charge < -0.3 is 9.64 Å². The number of hydrogen-bond donors (Lipinski definition) is 1. The average molecular weight is 393 g/mol. The first-order valence-electron chi connectivity index (χ1n) is 10.1. The minimum absolute atomic E-state index is 0.174. The van der Waals surface area contributed by atoms with Crippen molar-refractivity contribution in [2.45, 2.75) is 37.8 Å². The van der Waals surface area contributed by atoms with E-state index in [-0.39, 0.29) is 18.2 Å². The molecule has 0 bridgehead atoms. The fourth-order valence-corrected chi connectivity index (χ4v) is 5.00. The molecule has 3 aliphatic heterocycles. The van der Waals surface area contributed by atoms with E-state index in [2.05, 4.69) is 10.2 Å². The topological polar surface area (TPSA) is 79.0 Å². The highest BCUT2D eigenvalue weighted by Crippen LogP contribution is 2.44. The van der Waals surface area contributed by atoms with Crippen molar-refractivity contribution in [3.05, 3.63) is 35.9 Å². The summed E-state index contributed by atoms with van der Waals surface area (Å²) >= 11 is 0. The van der Waals surface area contributed by atoms with Crippen molar-refractivity contribution >= 4 is 39.9 Å². The van der Waals surface area contributed by atoms with Crippen molar-refractivity contribution in [2.75, 3.05) is 30.1 Å². The van der Waals surface area contributed by atoms with Crippen molar-refractivity contribution in [3.8, 4) is 0 Å². The molecule has 2 aromatic carbocycles. The number of piperidine rings is 1. The monoisotopic (exact) mass is 393 g/mol. The van der Waals surface area contributed by atoms with Gasteiger partial charge in [0, 0.05) is 36.5 Å². The van der Waals surface area contributed by atoms with Gasteiger partial charge in [0.1, 0.15) is 6.04 Å². The molecule has 2 aromatic rings. The lowest BCUT2D eigenvalue weighted by Gasteiger charge is -2.30. The van der Waals surface area contributed by atoms with Crippen LogP contribution >= 0.6 is 0 Å². The van der Waals surface area contributed by atoms with E-state index in [0.29, 0.717) is 24.6 Å². The first-order valence-corrected chi connectivity index (χ1v) is 10.1. The van der Waals surface area contributed by atoms with Crippen LogP contribution in [-0.2, 0) is 14.3 Å². The van der Waals surface area contributed by atoms with Crippen LogP contribution in [0.2, 0.25) is 0 Å². The number of ether oxygens (including phenoxy) is 1. The fraction of sp³-hybridized carbons (Fsp3) is 0.409. The van der Waals surface area contributed by atoms with E-state index in [4.69, 9.17) is 4.74 Å². The molecule has 2 atom stereocenters. The quantitative estimate of drug-likeness (QED) is 0.806. The lowest BCUT2D eigenvalue weighted by Crippen LogP contribution is -2.53. The van der Waals surface area contributed by atoms with Gasteiger partial charge in [-0.15, -0.1) is 0 Å². The summed E-state index contributed by atoms with van der Waals surface area (Å²) in [6, 6.07) is 9.42. The maximum Gasteiger partial charge on any atom is 0.259 e. The van der Waals surface area contributed by atoms with Crippen molar-refractivity contribution in [3.63, 3.8) is 0 Å². The normalized spacial score (nSPS) is 24.0. The molecule has 5 rings (SSSR count). The summed E-state index contributed by atoms with van der Waals surface area (Å²) in [4.78, 5) is 41.2. The summed E-state index contributed by atoms with van der Waals surface area (Å²) in [7, 11) is 1.72. The van der Waals surface area contributed by atoms with Crippen molar-refractivity contribution in [1.29, 1.82) is 0 Å². The number of carbonyl (C=O) groups excluding carboxylic acids is 3. The number of nitrogens with one attached hydrogen (secondary N) is 1. The molecule has 1 N–H and O–H groups in total. The third kappa shape index (κ3) is 2.72. The van der Waals surface area contributed by atoms with Gasteiger partial charge in [0.15, 0.2) is 0 Å². The van der Waals surface area contributed by atoms with Crippen LogP contribution < -0.4 is 15.1 Å². The van der Waals surface area contributed by atoms with Gasteiger partial charge in [-0.25, -0.2) is 0 Å². The first kappa shape index (κ1) is 18.1. The van der Waals surface area contributed by atoms with E-state index in [1.165, 1.54) is 0 Å². The number of hydrogen-bond acceptors (Lipinski definition) is 5. The Morgan fingerprint density at radius 1 is 1.10 bits per heavy atom. The number of carbonyl (C=O) groups is 3. The van der Waals surface area contributed by atoms with Crippen molar-refractivity contribution in [1.82, 2.24) is 5.32 Å². The van der Waals surface area contributed by atoms with Crippen LogP contribution in [0.3, 0.4) is 0 Å².